The van der Waals surface area contributed by atoms with Crippen molar-refractivity contribution in [3.63, 3.8) is 0 Å². The fourth-order valence-electron chi connectivity index (χ4n) is 1.81. The zero-order valence-corrected chi connectivity index (χ0v) is 11.5. The average Bonchev–Trinajstić information content (AvgIpc) is 3.15. The second kappa shape index (κ2) is 6.06. The Kier molecular flexibility index (Phi) is 4.41. The van der Waals surface area contributed by atoms with Crippen molar-refractivity contribution < 1.29 is 14.3 Å². The topological polar surface area (TPSA) is 49.3 Å². The molecule has 1 aliphatic carbocycles. The van der Waals surface area contributed by atoms with Gasteiger partial charge < -0.3 is 10.4 Å². The number of carbonyl (C=O) groups is 1. The first-order valence-electron chi connectivity index (χ1n) is 6.72. The highest BCUT2D eigenvalue weighted by atomic mass is 19.1. The Morgan fingerprint density at radius 1 is 1.50 bits per heavy atom. The SMILES string of the molecule is CC1(CNC(=O)c2ccc(F)cc2C#CCCO)CC1. The van der Waals surface area contributed by atoms with Crippen LogP contribution < -0.4 is 5.32 Å². The smallest absolute Gasteiger partial charge is 0.252 e. The molecule has 2 N–H and O–H groups in total. The van der Waals surface area contributed by atoms with E-state index in [4.69, 9.17) is 5.11 Å². The number of aliphatic hydroxyl groups is 1. The molecule has 0 aliphatic heterocycles. The van der Waals surface area contributed by atoms with E-state index in [9.17, 15) is 9.18 Å². The van der Waals surface area contributed by atoms with Gasteiger partial charge in [0.1, 0.15) is 5.82 Å². The molecule has 1 amide bonds. The second-order valence-electron chi connectivity index (χ2n) is 5.46. The number of halogens is 1. The number of aliphatic hydroxyl groups excluding tert-OH is 1. The Bertz CT molecular complexity index is 568. The molecule has 0 aromatic heterocycles. The molecule has 4 heteroatoms. The molecule has 3 nitrogen and oxygen atoms in total. The molecule has 1 aromatic carbocycles. The van der Waals surface area contributed by atoms with Crippen LogP contribution in [0.3, 0.4) is 0 Å². The number of amides is 1. The summed E-state index contributed by atoms with van der Waals surface area (Å²) in [7, 11) is 0. The number of carbonyl (C=O) groups excluding carboxylic acids is 1. The molecule has 1 aliphatic rings. The fourth-order valence-corrected chi connectivity index (χ4v) is 1.81. The van der Waals surface area contributed by atoms with E-state index in [1.807, 2.05) is 0 Å². The largest absolute Gasteiger partial charge is 0.395 e. The van der Waals surface area contributed by atoms with E-state index < -0.39 is 5.82 Å². The molecule has 0 heterocycles. The summed E-state index contributed by atoms with van der Waals surface area (Å²) in [6, 6.07) is 3.95. The zero-order valence-electron chi connectivity index (χ0n) is 11.5. The average molecular weight is 275 g/mol. The summed E-state index contributed by atoms with van der Waals surface area (Å²) < 4.78 is 13.3. The molecule has 0 spiro atoms. The highest BCUT2D eigenvalue weighted by Crippen LogP contribution is 2.44. The second-order valence-corrected chi connectivity index (χ2v) is 5.46. The Morgan fingerprint density at radius 3 is 2.90 bits per heavy atom. The van der Waals surface area contributed by atoms with Crippen LogP contribution in [0.25, 0.3) is 0 Å². The molecule has 1 fully saturated rings. The normalized spacial score (nSPS) is 15.2. The van der Waals surface area contributed by atoms with Gasteiger partial charge in [-0.15, -0.1) is 0 Å². The predicted octanol–water partition coefficient (Wildman–Crippen LogP) is 2.09. The van der Waals surface area contributed by atoms with Gasteiger partial charge in [-0.2, -0.15) is 0 Å². The Balaban J connectivity index is 2.13. The molecule has 0 bridgehead atoms. The molecule has 2 rings (SSSR count). The van der Waals surface area contributed by atoms with E-state index in [-0.39, 0.29) is 17.9 Å². The molecule has 1 aromatic rings. The quantitative estimate of drug-likeness (QED) is 0.827. The van der Waals surface area contributed by atoms with Crippen molar-refractivity contribution >= 4 is 5.91 Å². The highest BCUT2D eigenvalue weighted by Gasteiger charge is 2.37. The Labute approximate surface area is 118 Å². The molecule has 106 valence electrons. The van der Waals surface area contributed by atoms with Crippen LogP contribution in [0.5, 0.6) is 0 Å². The predicted molar refractivity (Wildman–Crippen MR) is 74.7 cm³/mol. The Hall–Kier alpha value is -1.86. The van der Waals surface area contributed by atoms with E-state index in [2.05, 4.69) is 24.1 Å². The van der Waals surface area contributed by atoms with Gasteiger partial charge in [0.15, 0.2) is 0 Å². The van der Waals surface area contributed by atoms with Crippen LogP contribution in [0.15, 0.2) is 18.2 Å². The maximum Gasteiger partial charge on any atom is 0.252 e. The fraction of sp³-hybridized carbons (Fsp3) is 0.438. The van der Waals surface area contributed by atoms with Crippen LogP contribution >= 0.6 is 0 Å². The lowest BCUT2D eigenvalue weighted by Crippen LogP contribution is -2.29. The third-order valence-corrected chi connectivity index (χ3v) is 3.47. The van der Waals surface area contributed by atoms with Gasteiger partial charge in [0, 0.05) is 18.5 Å². The van der Waals surface area contributed by atoms with E-state index in [1.54, 1.807) is 0 Å². The third kappa shape index (κ3) is 3.82. The molecule has 0 atom stereocenters. The number of benzene rings is 1. The van der Waals surface area contributed by atoms with Gasteiger partial charge in [-0.1, -0.05) is 18.8 Å². The summed E-state index contributed by atoms with van der Waals surface area (Å²) in [6.45, 7) is 2.70. The van der Waals surface area contributed by atoms with E-state index in [0.717, 1.165) is 12.8 Å². The lowest BCUT2D eigenvalue weighted by molar-refractivity contribution is 0.0946. The summed E-state index contributed by atoms with van der Waals surface area (Å²) in [5.41, 5.74) is 0.955. The molecule has 20 heavy (non-hydrogen) atoms. The van der Waals surface area contributed by atoms with Crippen molar-refractivity contribution in [3.05, 3.63) is 35.1 Å². The molecule has 1 saturated carbocycles. The van der Waals surface area contributed by atoms with Crippen LogP contribution in [0.1, 0.15) is 42.1 Å². The zero-order chi connectivity index (χ0) is 14.6. The monoisotopic (exact) mass is 275 g/mol. The van der Waals surface area contributed by atoms with E-state index >= 15 is 0 Å². The van der Waals surface area contributed by atoms with Crippen LogP contribution in [0.4, 0.5) is 4.39 Å². The summed E-state index contributed by atoms with van der Waals surface area (Å²) in [5, 5.41) is 11.6. The van der Waals surface area contributed by atoms with Gasteiger partial charge >= 0.3 is 0 Å². The standard InChI is InChI=1S/C16H18FNO2/c1-16(7-8-16)11-18-15(20)14-6-5-13(17)10-12(14)4-2-3-9-19/h5-6,10,19H,3,7-9,11H2,1H3,(H,18,20). The van der Waals surface area contributed by atoms with Gasteiger partial charge in [-0.25, -0.2) is 4.39 Å². The van der Waals surface area contributed by atoms with Crippen LogP contribution in [-0.4, -0.2) is 24.2 Å². The van der Waals surface area contributed by atoms with Crippen molar-refractivity contribution in [1.29, 1.82) is 0 Å². The maximum atomic E-state index is 13.3. The van der Waals surface area contributed by atoms with Crippen molar-refractivity contribution in [2.24, 2.45) is 5.41 Å². The number of hydrogen-bond acceptors (Lipinski definition) is 2. The molecule has 0 radical (unpaired) electrons. The molecular weight excluding hydrogens is 257 g/mol. The number of hydrogen-bond donors (Lipinski definition) is 2. The van der Waals surface area contributed by atoms with Crippen molar-refractivity contribution in [2.45, 2.75) is 26.2 Å². The van der Waals surface area contributed by atoms with Crippen molar-refractivity contribution in [3.8, 4) is 11.8 Å². The number of rotatable bonds is 4. The first kappa shape index (κ1) is 14.5. The minimum atomic E-state index is -0.427. The highest BCUT2D eigenvalue weighted by molar-refractivity contribution is 5.96. The lowest BCUT2D eigenvalue weighted by Gasteiger charge is -2.11. The van der Waals surface area contributed by atoms with Crippen molar-refractivity contribution in [2.75, 3.05) is 13.2 Å². The van der Waals surface area contributed by atoms with E-state index in [0.29, 0.717) is 24.1 Å². The number of nitrogens with one attached hydrogen (secondary N) is 1. The van der Waals surface area contributed by atoms with Gasteiger partial charge in [-0.3, -0.25) is 4.79 Å². The third-order valence-electron chi connectivity index (χ3n) is 3.47. The van der Waals surface area contributed by atoms with Crippen LogP contribution in [0, 0.1) is 23.1 Å². The minimum absolute atomic E-state index is 0.0534. The van der Waals surface area contributed by atoms with E-state index in [1.165, 1.54) is 18.2 Å². The molecule has 0 unspecified atom stereocenters. The van der Waals surface area contributed by atoms with Gasteiger partial charge in [0.05, 0.1) is 12.2 Å². The van der Waals surface area contributed by atoms with Crippen LogP contribution in [0.2, 0.25) is 0 Å². The minimum Gasteiger partial charge on any atom is -0.395 e. The summed E-state index contributed by atoms with van der Waals surface area (Å²) >= 11 is 0. The molecular formula is C16H18FNO2. The summed E-state index contributed by atoms with van der Waals surface area (Å²) in [4.78, 5) is 12.1. The maximum absolute atomic E-state index is 13.3. The lowest BCUT2D eigenvalue weighted by atomic mass is 10.1. The summed E-state index contributed by atoms with van der Waals surface area (Å²) in [6.07, 6.45) is 2.55. The first-order chi connectivity index (χ1) is 9.54. The van der Waals surface area contributed by atoms with Gasteiger partial charge in [0.25, 0.3) is 5.91 Å². The first-order valence-corrected chi connectivity index (χ1v) is 6.72. The Morgan fingerprint density at radius 2 is 2.25 bits per heavy atom. The van der Waals surface area contributed by atoms with Crippen molar-refractivity contribution in [1.82, 2.24) is 5.32 Å². The molecule has 0 saturated heterocycles. The summed E-state index contributed by atoms with van der Waals surface area (Å²) in [5.74, 6) is 4.79. The van der Waals surface area contributed by atoms with Gasteiger partial charge in [0.2, 0.25) is 0 Å². The van der Waals surface area contributed by atoms with Gasteiger partial charge in [-0.05, 0) is 36.5 Å². The van der Waals surface area contributed by atoms with Crippen LogP contribution in [-0.2, 0) is 0 Å².